The van der Waals surface area contributed by atoms with Gasteiger partial charge in [-0.05, 0) is 70.7 Å². The minimum absolute atomic E-state index is 0.0494. The molecule has 0 atom stereocenters. The molecular formula is C52H44N4O. The second kappa shape index (κ2) is 13.9. The number of nitrogens with zero attached hydrogens (tertiary/aromatic N) is 3. The standard InChI is InChI=1S/C52H44N4O/c1-52(2,3)38-30-31-53-50(32-38)56-46-25-11-10-22-44(46)45-29-28-41(34-49(45)56)57-40-21-14-20-39(33-40)54-35-55(48-27-13-12-26-47(48)54)51-42(36-16-6-4-7-17-36)23-15-24-43(51)37-18-8-5-9-19-37/h4-30,32-34,53H,31,35H2,1-3H3. The molecule has 0 bridgehead atoms. The van der Waals surface area contributed by atoms with Gasteiger partial charge in [0, 0.05) is 46.3 Å². The highest BCUT2D eigenvalue weighted by atomic mass is 16.5. The Morgan fingerprint density at radius 3 is 1.88 bits per heavy atom. The number of para-hydroxylation sites is 4. The summed E-state index contributed by atoms with van der Waals surface area (Å²) in [5.74, 6) is 2.65. The van der Waals surface area contributed by atoms with E-state index in [1.54, 1.807) is 0 Å². The fourth-order valence-corrected chi connectivity index (χ4v) is 8.48. The minimum atomic E-state index is 0.0494. The second-order valence-corrected chi connectivity index (χ2v) is 15.9. The van der Waals surface area contributed by atoms with Crippen LogP contribution in [0.3, 0.4) is 0 Å². The van der Waals surface area contributed by atoms with E-state index in [0.717, 1.165) is 46.4 Å². The van der Waals surface area contributed by atoms with Gasteiger partial charge in [-0.15, -0.1) is 0 Å². The van der Waals surface area contributed by atoms with Crippen molar-refractivity contribution < 1.29 is 4.74 Å². The van der Waals surface area contributed by atoms with E-state index in [0.29, 0.717) is 6.67 Å². The van der Waals surface area contributed by atoms with Gasteiger partial charge in [0.2, 0.25) is 0 Å². The van der Waals surface area contributed by atoms with Crippen LogP contribution in [0, 0.1) is 5.41 Å². The predicted octanol–water partition coefficient (Wildman–Crippen LogP) is 13.5. The van der Waals surface area contributed by atoms with Crippen molar-refractivity contribution in [2.45, 2.75) is 20.8 Å². The lowest BCUT2D eigenvalue weighted by Crippen LogP contribution is -2.25. The Morgan fingerprint density at radius 1 is 0.544 bits per heavy atom. The fraction of sp³-hybridized carbons (Fsp3) is 0.115. The number of benzene rings is 7. The van der Waals surface area contributed by atoms with Gasteiger partial charge in [0.25, 0.3) is 0 Å². The van der Waals surface area contributed by atoms with Crippen LogP contribution in [0.15, 0.2) is 188 Å². The monoisotopic (exact) mass is 740 g/mol. The Labute approximate surface area is 334 Å². The van der Waals surface area contributed by atoms with E-state index >= 15 is 0 Å². The zero-order valence-electron chi connectivity index (χ0n) is 32.5. The predicted molar refractivity (Wildman–Crippen MR) is 239 cm³/mol. The number of fused-ring (bicyclic) bond motifs is 4. The van der Waals surface area contributed by atoms with E-state index in [9.17, 15) is 0 Å². The summed E-state index contributed by atoms with van der Waals surface area (Å²) in [5.41, 5.74) is 13.0. The van der Waals surface area contributed by atoms with E-state index in [1.165, 1.54) is 49.8 Å². The van der Waals surface area contributed by atoms with E-state index in [1.807, 2.05) is 6.07 Å². The molecule has 10 rings (SSSR count). The molecule has 5 heteroatoms. The van der Waals surface area contributed by atoms with Gasteiger partial charge in [-0.3, -0.25) is 4.57 Å². The molecule has 0 saturated heterocycles. The average Bonchev–Trinajstić information content (AvgIpc) is 3.80. The van der Waals surface area contributed by atoms with Gasteiger partial charge >= 0.3 is 0 Å². The summed E-state index contributed by atoms with van der Waals surface area (Å²) in [6.45, 7) is 8.25. The van der Waals surface area contributed by atoms with Gasteiger partial charge < -0.3 is 19.9 Å². The number of allylic oxidation sites excluding steroid dienone is 2. The third kappa shape index (κ3) is 6.22. The van der Waals surface area contributed by atoms with Gasteiger partial charge in [-0.1, -0.05) is 142 Å². The maximum atomic E-state index is 6.75. The maximum Gasteiger partial charge on any atom is 0.129 e. The molecule has 0 saturated carbocycles. The molecule has 1 aromatic heterocycles. The lowest BCUT2D eigenvalue weighted by atomic mass is 9.85. The molecule has 7 aromatic carbocycles. The fourth-order valence-electron chi connectivity index (χ4n) is 8.48. The first kappa shape index (κ1) is 34.5. The van der Waals surface area contributed by atoms with Crippen LogP contribution in [-0.4, -0.2) is 17.8 Å². The van der Waals surface area contributed by atoms with Crippen molar-refractivity contribution in [2.75, 3.05) is 23.0 Å². The van der Waals surface area contributed by atoms with Crippen LogP contribution in [0.5, 0.6) is 11.5 Å². The van der Waals surface area contributed by atoms with Gasteiger partial charge in [0.15, 0.2) is 0 Å². The number of hydrogen-bond acceptors (Lipinski definition) is 4. The Bertz CT molecular complexity index is 2790. The zero-order chi connectivity index (χ0) is 38.5. The molecule has 2 aliphatic rings. The second-order valence-electron chi connectivity index (χ2n) is 15.9. The Kier molecular flexibility index (Phi) is 8.44. The molecule has 0 spiro atoms. The molecule has 0 fully saturated rings. The zero-order valence-corrected chi connectivity index (χ0v) is 32.5. The maximum absolute atomic E-state index is 6.75. The molecule has 0 aliphatic carbocycles. The first-order valence-electron chi connectivity index (χ1n) is 19.8. The lowest BCUT2D eigenvalue weighted by molar-refractivity contribution is 0.483. The summed E-state index contributed by atoms with van der Waals surface area (Å²) < 4.78 is 9.10. The number of hydrogen-bond donors (Lipinski definition) is 1. The van der Waals surface area contributed by atoms with Gasteiger partial charge in [-0.2, -0.15) is 0 Å². The molecule has 8 aromatic rings. The number of ether oxygens (including phenoxy) is 1. The lowest BCUT2D eigenvalue weighted by Gasteiger charge is -2.27. The van der Waals surface area contributed by atoms with Crippen LogP contribution in [0.2, 0.25) is 0 Å². The van der Waals surface area contributed by atoms with Crippen LogP contribution >= 0.6 is 0 Å². The van der Waals surface area contributed by atoms with Crippen LogP contribution in [-0.2, 0) is 0 Å². The summed E-state index contributed by atoms with van der Waals surface area (Å²) >= 11 is 0. The highest BCUT2D eigenvalue weighted by Gasteiger charge is 2.31. The van der Waals surface area contributed by atoms with E-state index in [4.69, 9.17) is 4.74 Å². The van der Waals surface area contributed by atoms with Crippen molar-refractivity contribution in [3.05, 3.63) is 188 Å². The van der Waals surface area contributed by atoms with E-state index < -0.39 is 0 Å². The van der Waals surface area contributed by atoms with Crippen molar-refractivity contribution in [3.63, 3.8) is 0 Å². The quantitative estimate of drug-likeness (QED) is 0.176. The first-order chi connectivity index (χ1) is 27.9. The molecule has 57 heavy (non-hydrogen) atoms. The topological polar surface area (TPSA) is 32.7 Å². The number of anilines is 4. The van der Waals surface area contributed by atoms with Gasteiger partial charge in [0.1, 0.15) is 24.0 Å². The Morgan fingerprint density at radius 2 is 1.16 bits per heavy atom. The number of dihydropyridines is 1. The number of rotatable bonds is 7. The highest BCUT2D eigenvalue weighted by molar-refractivity contribution is 6.10. The third-order valence-corrected chi connectivity index (χ3v) is 11.2. The van der Waals surface area contributed by atoms with Crippen LogP contribution in [0.4, 0.5) is 22.7 Å². The summed E-state index contributed by atoms with van der Waals surface area (Å²) in [6.07, 6.45) is 4.59. The molecule has 0 unspecified atom stereocenters. The van der Waals surface area contributed by atoms with Crippen molar-refractivity contribution in [1.82, 2.24) is 9.88 Å². The minimum Gasteiger partial charge on any atom is -0.457 e. The summed E-state index contributed by atoms with van der Waals surface area (Å²) in [6, 6.07) is 60.4. The van der Waals surface area contributed by atoms with Gasteiger partial charge in [0.05, 0.1) is 28.1 Å². The Hall–Kier alpha value is -6.98. The molecule has 3 heterocycles. The molecule has 1 N–H and O–H groups in total. The molecule has 5 nitrogen and oxygen atoms in total. The molecule has 2 aliphatic heterocycles. The first-order valence-corrected chi connectivity index (χ1v) is 19.8. The largest absolute Gasteiger partial charge is 0.457 e. The summed E-state index contributed by atoms with van der Waals surface area (Å²) in [7, 11) is 0. The van der Waals surface area contributed by atoms with E-state index in [2.05, 4.69) is 216 Å². The number of aromatic nitrogens is 1. The molecule has 0 amide bonds. The van der Waals surface area contributed by atoms with Crippen LogP contribution in [0.25, 0.3) is 49.9 Å². The van der Waals surface area contributed by atoms with Crippen molar-refractivity contribution >= 4 is 50.4 Å². The smallest absolute Gasteiger partial charge is 0.129 e. The Balaban J connectivity index is 1.03. The molecular weight excluding hydrogens is 697 g/mol. The SMILES string of the molecule is CC(C)(C)C1=CCNC(n2c3ccccc3c3ccc(Oc4cccc(N5CN(c6c(-c7ccccc7)cccc6-c6ccccc6)c6ccccc65)c4)cc32)=C1. The van der Waals surface area contributed by atoms with E-state index in [-0.39, 0.29) is 5.41 Å². The van der Waals surface area contributed by atoms with Crippen LogP contribution < -0.4 is 19.9 Å². The third-order valence-electron chi connectivity index (χ3n) is 11.2. The molecule has 0 radical (unpaired) electrons. The number of nitrogens with one attached hydrogen (secondary N) is 1. The van der Waals surface area contributed by atoms with Crippen molar-refractivity contribution in [2.24, 2.45) is 5.41 Å². The van der Waals surface area contributed by atoms with Gasteiger partial charge in [-0.25, -0.2) is 0 Å². The summed E-state index contributed by atoms with van der Waals surface area (Å²) in [4.78, 5) is 4.86. The van der Waals surface area contributed by atoms with Crippen LogP contribution in [0.1, 0.15) is 20.8 Å². The highest BCUT2D eigenvalue weighted by Crippen LogP contribution is 2.50. The van der Waals surface area contributed by atoms with Crippen molar-refractivity contribution in [3.8, 4) is 33.8 Å². The molecule has 278 valence electrons. The van der Waals surface area contributed by atoms with Crippen molar-refractivity contribution in [1.29, 1.82) is 0 Å². The average molecular weight is 741 g/mol. The summed E-state index contributed by atoms with van der Waals surface area (Å²) in [5, 5.41) is 6.08. The normalized spacial score (nSPS) is 14.0.